The Morgan fingerprint density at radius 2 is 1.93 bits per heavy atom. The van der Waals surface area contributed by atoms with Crippen LogP contribution in [0.5, 0.6) is 0 Å². The van der Waals surface area contributed by atoms with Gasteiger partial charge in [-0.1, -0.05) is 0 Å². The van der Waals surface area contributed by atoms with E-state index in [4.69, 9.17) is 5.26 Å². The maximum Gasteiger partial charge on any atom is 0.0684 e. The summed E-state index contributed by atoms with van der Waals surface area (Å²) < 4.78 is 0. The van der Waals surface area contributed by atoms with E-state index in [-0.39, 0.29) is 5.41 Å². The third kappa shape index (κ3) is 4.19. The molecular weight excluding hydrogens is 188 g/mol. The van der Waals surface area contributed by atoms with Crippen LogP contribution in [0.15, 0.2) is 0 Å². The third-order valence-electron chi connectivity index (χ3n) is 3.29. The first-order chi connectivity index (χ1) is 6.85. The largest absolute Gasteiger partial charge is 0.390 e. The second-order valence-electron chi connectivity index (χ2n) is 5.58. The normalized spacial score (nSPS) is 22.3. The zero-order chi connectivity index (χ0) is 11.5. The third-order valence-corrected chi connectivity index (χ3v) is 3.29. The highest BCUT2D eigenvalue weighted by Crippen LogP contribution is 2.24. The number of nitrogens with zero attached hydrogens (tertiary/aromatic N) is 2. The van der Waals surface area contributed by atoms with Crippen LogP contribution >= 0.6 is 0 Å². The van der Waals surface area contributed by atoms with Gasteiger partial charge in [0.15, 0.2) is 0 Å². The Bertz CT molecular complexity index is 243. The van der Waals surface area contributed by atoms with Crippen LogP contribution in [0, 0.1) is 16.7 Å². The molecule has 3 nitrogen and oxygen atoms in total. The molecule has 1 rings (SSSR count). The summed E-state index contributed by atoms with van der Waals surface area (Å²) in [6.07, 6.45) is 2.60. The minimum absolute atomic E-state index is 0.222. The molecule has 0 aromatic carbocycles. The minimum atomic E-state index is -0.471. The summed E-state index contributed by atoms with van der Waals surface area (Å²) in [4.78, 5) is 2.34. The van der Waals surface area contributed by atoms with Crippen molar-refractivity contribution in [2.75, 3.05) is 19.6 Å². The van der Waals surface area contributed by atoms with Crippen molar-refractivity contribution in [1.29, 1.82) is 5.26 Å². The first-order valence-corrected chi connectivity index (χ1v) is 5.71. The predicted molar refractivity (Wildman–Crippen MR) is 60.3 cm³/mol. The van der Waals surface area contributed by atoms with Crippen LogP contribution in [0.3, 0.4) is 0 Å². The van der Waals surface area contributed by atoms with Gasteiger partial charge in [0.1, 0.15) is 0 Å². The van der Waals surface area contributed by atoms with Gasteiger partial charge in [0.05, 0.1) is 17.1 Å². The van der Waals surface area contributed by atoms with Crippen molar-refractivity contribution in [2.24, 2.45) is 5.41 Å². The van der Waals surface area contributed by atoms with Crippen LogP contribution in [0.4, 0.5) is 0 Å². The highest BCUT2D eigenvalue weighted by molar-refractivity contribution is 4.92. The number of likely N-dealkylation sites (tertiary alicyclic amines) is 1. The molecule has 86 valence electrons. The quantitative estimate of drug-likeness (QED) is 0.772. The Hall–Kier alpha value is -0.590. The zero-order valence-corrected chi connectivity index (χ0v) is 10.1. The van der Waals surface area contributed by atoms with Crippen molar-refractivity contribution in [3.8, 4) is 6.07 Å². The van der Waals surface area contributed by atoms with E-state index in [1.807, 2.05) is 20.8 Å². The summed E-state index contributed by atoms with van der Waals surface area (Å²) in [5.41, 5.74) is -0.693. The molecule has 0 radical (unpaired) electrons. The number of hydrogen-bond donors (Lipinski definition) is 1. The van der Waals surface area contributed by atoms with E-state index in [9.17, 15) is 5.11 Å². The van der Waals surface area contributed by atoms with Gasteiger partial charge in [-0.05, 0) is 46.6 Å². The van der Waals surface area contributed by atoms with Crippen molar-refractivity contribution >= 4 is 0 Å². The smallest absolute Gasteiger partial charge is 0.0684 e. The summed E-state index contributed by atoms with van der Waals surface area (Å²) in [7, 11) is 0. The van der Waals surface area contributed by atoms with E-state index in [2.05, 4.69) is 11.0 Å². The molecule has 1 aliphatic heterocycles. The van der Waals surface area contributed by atoms with Crippen LogP contribution in [0.2, 0.25) is 0 Å². The van der Waals surface area contributed by atoms with E-state index >= 15 is 0 Å². The summed E-state index contributed by atoms with van der Waals surface area (Å²) in [5, 5.41) is 18.7. The number of nitriles is 1. The molecule has 0 bridgehead atoms. The van der Waals surface area contributed by atoms with Gasteiger partial charge in [-0.2, -0.15) is 5.26 Å². The summed E-state index contributed by atoms with van der Waals surface area (Å²) in [6, 6.07) is 2.32. The molecule has 0 unspecified atom stereocenters. The van der Waals surface area contributed by atoms with Crippen LogP contribution in [0.1, 0.15) is 40.0 Å². The lowest BCUT2D eigenvalue weighted by Crippen LogP contribution is -2.43. The second-order valence-corrected chi connectivity index (χ2v) is 5.58. The van der Waals surface area contributed by atoms with Crippen molar-refractivity contribution in [3.63, 3.8) is 0 Å². The van der Waals surface area contributed by atoms with Crippen LogP contribution < -0.4 is 0 Å². The average Bonchev–Trinajstić information content (AvgIpc) is 2.16. The Labute approximate surface area is 92.7 Å². The molecule has 1 fully saturated rings. The Balaban J connectivity index is 2.29. The number of hydrogen-bond acceptors (Lipinski definition) is 3. The molecule has 0 saturated carbocycles. The van der Waals surface area contributed by atoms with E-state index in [0.29, 0.717) is 0 Å². The Morgan fingerprint density at radius 3 is 2.40 bits per heavy atom. The molecule has 0 aromatic rings. The fourth-order valence-corrected chi connectivity index (χ4v) is 1.75. The van der Waals surface area contributed by atoms with Crippen LogP contribution in [-0.4, -0.2) is 35.2 Å². The highest BCUT2D eigenvalue weighted by Gasteiger charge is 2.28. The summed E-state index contributed by atoms with van der Waals surface area (Å²) in [6.45, 7) is 8.74. The topological polar surface area (TPSA) is 47.3 Å². The van der Waals surface area contributed by atoms with Crippen molar-refractivity contribution in [3.05, 3.63) is 0 Å². The molecule has 0 aliphatic carbocycles. The molecule has 0 spiro atoms. The molecule has 1 heterocycles. The molecule has 1 aliphatic rings. The highest BCUT2D eigenvalue weighted by atomic mass is 16.3. The van der Waals surface area contributed by atoms with E-state index in [1.54, 1.807) is 0 Å². The first-order valence-electron chi connectivity index (χ1n) is 5.71. The number of piperidine rings is 1. The minimum Gasteiger partial charge on any atom is -0.390 e. The fourth-order valence-electron chi connectivity index (χ4n) is 1.75. The SMILES string of the molecule is CC(C)(C#N)CCN1CCC(C)(O)CC1. The lowest BCUT2D eigenvalue weighted by atomic mass is 9.89. The molecule has 1 N–H and O–H groups in total. The Morgan fingerprint density at radius 1 is 1.40 bits per heavy atom. The molecule has 1 saturated heterocycles. The summed E-state index contributed by atoms with van der Waals surface area (Å²) >= 11 is 0. The van der Waals surface area contributed by atoms with Gasteiger partial charge >= 0.3 is 0 Å². The van der Waals surface area contributed by atoms with E-state index in [0.717, 1.165) is 38.9 Å². The summed E-state index contributed by atoms with van der Waals surface area (Å²) in [5.74, 6) is 0. The van der Waals surface area contributed by atoms with Gasteiger partial charge in [0, 0.05) is 13.1 Å². The monoisotopic (exact) mass is 210 g/mol. The van der Waals surface area contributed by atoms with Crippen molar-refractivity contribution < 1.29 is 5.11 Å². The predicted octanol–water partition coefficient (Wildman–Crippen LogP) is 1.77. The fraction of sp³-hybridized carbons (Fsp3) is 0.917. The zero-order valence-electron chi connectivity index (χ0n) is 10.1. The number of rotatable bonds is 3. The van der Waals surface area contributed by atoms with Gasteiger partial charge in [0.25, 0.3) is 0 Å². The maximum atomic E-state index is 9.79. The molecular formula is C12H22N2O. The molecule has 0 atom stereocenters. The average molecular weight is 210 g/mol. The molecule has 0 aromatic heterocycles. The maximum absolute atomic E-state index is 9.79. The standard InChI is InChI=1S/C12H22N2O/c1-11(2,10-13)4-7-14-8-5-12(3,15)6-9-14/h15H,4-9H2,1-3H3. The molecule has 0 amide bonds. The number of aliphatic hydroxyl groups is 1. The van der Waals surface area contributed by atoms with E-state index < -0.39 is 5.60 Å². The molecule has 15 heavy (non-hydrogen) atoms. The lowest BCUT2D eigenvalue weighted by molar-refractivity contribution is -0.00668. The van der Waals surface area contributed by atoms with Gasteiger partial charge < -0.3 is 10.0 Å². The molecule has 3 heteroatoms. The van der Waals surface area contributed by atoms with Gasteiger partial charge in [-0.3, -0.25) is 0 Å². The van der Waals surface area contributed by atoms with Crippen LogP contribution in [0.25, 0.3) is 0 Å². The Kier molecular flexibility index (Phi) is 3.75. The van der Waals surface area contributed by atoms with Crippen LogP contribution in [-0.2, 0) is 0 Å². The second kappa shape index (κ2) is 4.51. The van der Waals surface area contributed by atoms with Gasteiger partial charge in [-0.15, -0.1) is 0 Å². The van der Waals surface area contributed by atoms with Gasteiger partial charge in [-0.25, -0.2) is 0 Å². The van der Waals surface area contributed by atoms with Crippen molar-refractivity contribution in [1.82, 2.24) is 4.90 Å². The van der Waals surface area contributed by atoms with E-state index in [1.165, 1.54) is 0 Å². The first kappa shape index (κ1) is 12.5. The van der Waals surface area contributed by atoms with Crippen molar-refractivity contribution in [2.45, 2.75) is 45.6 Å². The van der Waals surface area contributed by atoms with Gasteiger partial charge in [0.2, 0.25) is 0 Å². The lowest BCUT2D eigenvalue weighted by Gasteiger charge is -2.36.